The van der Waals surface area contributed by atoms with E-state index in [0.717, 1.165) is 19.3 Å². The Kier molecular flexibility index (Phi) is 4.55. The van der Waals surface area contributed by atoms with Gasteiger partial charge in [-0.05, 0) is 37.7 Å². The first-order valence-electron chi connectivity index (χ1n) is 8.05. The maximum atomic E-state index is 12.6. The zero-order chi connectivity index (χ0) is 16.2. The molecule has 5 heteroatoms. The van der Waals surface area contributed by atoms with Crippen LogP contribution in [-0.2, 0) is 0 Å². The predicted molar refractivity (Wildman–Crippen MR) is 88.5 cm³/mol. The zero-order valence-electron chi connectivity index (χ0n) is 13.3. The van der Waals surface area contributed by atoms with Gasteiger partial charge in [-0.3, -0.25) is 9.59 Å². The zero-order valence-corrected chi connectivity index (χ0v) is 13.3. The van der Waals surface area contributed by atoms with E-state index in [4.69, 9.17) is 0 Å². The number of aromatic amines is 1. The normalized spacial score (nSPS) is 18.5. The van der Waals surface area contributed by atoms with Gasteiger partial charge in [-0.2, -0.15) is 0 Å². The lowest BCUT2D eigenvalue weighted by molar-refractivity contribution is 0.0758. The van der Waals surface area contributed by atoms with E-state index in [9.17, 15) is 9.59 Å². The standard InChI is InChI=1S/C18H21N3O2/c1-13-19-12-16(17(22)20-13)18(23)21-10-5-8-15(9-11-21)14-6-3-2-4-7-14/h2-4,6-7,12,15H,5,8-11H2,1H3,(H,19,20,22)/t15-/m0/s1. The summed E-state index contributed by atoms with van der Waals surface area (Å²) in [6, 6.07) is 10.4. The van der Waals surface area contributed by atoms with Crippen LogP contribution in [0.25, 0.3) is 0 Å². The number of hydrogen-bond donors (Lipinski definition) is 1. The average Bonchev–Trinajstić information content (AvgIpc) is 2.81. The Labute approximate surface area is 135 Å². The molecule has 1 aliphatic heterocycles. The van der Waals surface area contributed by atoms with Gasteiger partial charge < -0.3 is 9.88 Å². The molecule has 1 saturated heterocycles. The fourth-order valence-corrected chi connectivity index (χ4v) is 3.16. The van der Waals surface area contributed by atoms with Crippen LogP contribution < -0.4 is 5.56 Å². The van der Waals surface area contributed by atoms with Crippen LogP contribution in [0.3, 0.4) is 0 Å². The minimum absolute atomic E-state index is 0.133. The maximum Gasteiger partial charge on any atom is 0.263 e. The summed E-state index contributed by atoms with van der Waals surface area (Å²) in [6.07, 6.45) is 4.32. The van der Waals surface area contributed by atoms with Crippen molar-refractivity contribution in [2.75, 3.05) is 13.1 Å². The minimum Gasteiger partial charge on any atom is -0.338 e. The molecule has 120 valence electrons. The van der Waals surface area contributed by atoms with E-state index in [1.165, 1.54) is 11.8 Å². The smallest absolute Gasteiger partial charge is 0.263 e. The molecule has 23 heavy (non-hydrogen) atoms. The van der Waals surface area contributed by atoms with Gasteiger partial charge in [-0.15, -0.1) is 0 Å². The number of H-pyrrole nitrogens is 1. The van der Waals surface area contributed by atoms with Crippen LogP contribution in [0.4, 0.5) is 0 Å². The van der Waals surface area contributed by atoms with Crippen LogP contribution in [0.5, 0.6) is 0 Å². The highest BCUT2D eigenvalue weighted by Crippen LogP contribution is 2.28. The van der Waals surface area contributed by atoms with Gasteiger partial charge in [-0.25, -0.2) is 4.98 Å². The van der Waals surface area contributed by atoms with E-state index in [1.807, 2.05) is 6.07 Å². The third-order valence-corrected chi connectivity index (χ3v) is 4.44. The number of nitrogens with zero attached hydrogens (tertiary/aromatic N) is 2. The molecule has 0 spiro atoms. The molecule has 1 aromatic heterocycles. The number of rotatable bonds is 2. The molecule has 1 amide bonds. The Balaban J connectivity index is 1.73. The van der Waals surface area contributed by atoms with Crippen molar-refractivity contribution in [3.05, 3.63) is 63.8 Å². The molecule has 1 aliphatic rings. The van der Waals surface area contributed by atoms with E-state index < -0.39 is 0 Å². The van der Waals surface area contributed by atoms with Crippen molar-refractivity contribution >= 4 is 5.91 Å². The van der Waals surface area contributed by atoms with Crippen molar-refractivity contribution in [3.63, 3.8) is 0 Å². The number of carbonyl (C=O) groups excluding carboxylic acids is 1. The van der Waals surface area contributed by atoms with Crippen molar-refractivity contribution in [2.24, 2.45) is 0 Å². The van der Waals surface area contributed by atoms with Crippen LogP contribution in [0.15, 0.2) is 41.3 Å². The lowest BCUT2D eigenvalue weighted by Gasteiger charge is -2.20. The van der Waals surface area contributed by atoms with Gasteiger partial charge in [0.15, 0.2) is 0 Å². The van der Waals surface area contributed by atoms with Crippen molar-refractivity contribution in [2.45, 2.75) is 32.1 Å². The summed E-state index contributed by atoms with van der Waals surface area (Å²) in [5.41, 5.74) is 1.11. The first-order valence-corrected chi connectivity index (χ1v) is 8.05. The van der Waals surface area contributed by atoms with Gasteiger partial charge in [0.1, 0.15) is 11.4 Å². The second-order valence-electron chi connectivity index (χ2n) is 6.04. The van der Waals surface area contributed by atoms with E-state index in [-0.39, 0.29) is 17.0 Å². The lowest BCUT2D eigenvalue weighted by Crippen LogP contribution is -2.36. The van der Waals surface area contributed by atoms with Crippen LogP contribution in [-0.4, -0.2) is 33.9 Å². The molecule has 1 aromatic carbocycles. The highest BCUT2D eigenvalue weighted by Gasteiger charge is 2.24. The Morgan fingerprint density at radius 2 is 2.00 bits per heavy atom. The topological polar surface area (TPSA) is 66.1 Å². The van der Waals surface area contributed by atoms with Crippen LogP contribution in [0, 0.1) is 6.92 Å². The third kappa shape index (κ3) is 3.50. The molecule has 2 heterocycles. The number of aromatic nitrogens is 2. The van der Waals surface area contributed by atoms with Crippen molar-refractivity contribution in [3.8, 4) is 0 Å². The summed E-state index contributed by atoms with van der Waals surface area (Å²) >= 11 is 0. The highest BCUT2D eigenvalue weighted by molar-refractivity contribution is 5.93. The highest BCUT2D eigenvalue weighted by atomic mass is 16.2. The van der Waals surface area contributed by atoms with Gasteiger partial charge in [0, 0.05) is 19.3 Å². The summed E-state index contributed by atoms with van der Waals surface area (Å²) in [5, 5.41) is 0. The maximum absolute atomic E-state index is 12.6. The molecule has 0 bridgehead atoms. The minimum atomic E-state index is -0.355. The summed E-state index contributed by atoms with van der Waals surface area (Å²) < 4.78 is 0. The lowest BCUT2D eigenvalue weighted by atomic mass is 9.92. The van der Waals surface area contributed by atoms with Gasteiger partial charge in [0.05, 0.1) is 0 Å². The molecule has 3 rings (SSSR count). The molecule has 0 aliphatic carbocycles. The van der Waals surface area contributed by atoms with E-state index in [0.29, 0.717) is 24.8 Å². The summed E-state index contributed by atoms with van der Waals surface area (Å²) in [4.78, 5) is 33.0. The number of benzene rings is 1. The molecule has 5 nitrogen and oxygen atoms in total. The Hall–Kier alpha value is -2.43. The monoisotopic (exact) mass is 311 g/mol. The number of amides is 1. The average molecular weight is 311 g/mol. The van der Waals surface area contributed by atoms with E-state index in [1.54, 1.807) is 11.8 Å². The second-order valence-corrected chi connectivity index (χ2v) is 6.04. The second kappa shape index (κ2) is 6.77. The van der Waals surface area contributed by atoms with Crippen LogP contribution >= 0.6 is 0 Å². The molecule has 0 saturated carbocycles. The van der Waals surface area contributed by atoms with Gasteiger partial charge in [0.25, 0.3) is 11.5 Å². The van der Waals surface area contributed by atoms with E-state index >= 15 is 0 Å². The van der Waals surface area contributed by atoms with Crippen molar-refractivity contribution < 1.29 is 4.79 Å². The summed E-state index contributed by atoms with van der Waals surface area (Å²) in [7, 11) is 0. The quantitative estimate of drug-likeness (QED) is 0.926. The SMILES string of the molecule is Cc1ncc(C(=O)N2CCC[C@H](c3ccccc3)CC2)c(=O)[nH]1. The fraction of sp³-hybridized carbons (Fsp3) is 0.389. The Morgan fingerprint density at radius 1 is 1.22 bits per heavy atom. The van der Waals surface area contributed by atoms with Crippen molar-refractivity contribution in [1.29, 1.82) is 0 Å². The number of likely N-dealkylation sites (tertiary alicyclic amines) is 1. The molecular formula is C18H21N3O2. The molecule has 2 aromatic rings. The Bertz CT molecular complexity index is 739. The third-order valence-electron chi connectivity index (χ3n) is 4.44. The molecular weight excluding hydrogens is 290 g/mol. The summed E-state index contributed by atoms with van der Waals surface area (Å²) in [5.74, 6) is 0.780. The van der Waals surface area contributed by atoms with Gasteiger partial charge >= 0.3 is 0 Å². The molecule has 0 radical (unpaired) electrons. The number of aryl methyl sites for hydroxylation is 1. The van der Waals surface area contributed by atoms with E-state index in [2.05, 4.69) is 34.2 Å². The van der Waals surface area contributed by atoms with Gasteiger partial charge in [0.2, 0.25) is 0 Å². The number of nitrogens with one attached hydrogen (secondary N) is 1. The first-order chi connectivity index (χ1) is 11.1. The Morgan fingerprint density at radius 3 is 2.74 bits per heavy atom. The number of carbonyl (C=O) groups is 1. The molecule has 0 unspecified atom stereocenters. The van der Waals surface area contributed by atoms with Crippen LogP contribution in [0.2, 0.25) is 0 Å². The predicted octanol–water partition coefficient (Wildman–Crippen LogP) is 2.49. The summed E-state index contributed by atoms with van der Waals surface area (Å²) in [6.45, 7) is 3.06. The molecule has 1 atom stereocenters. The largest absolute Gasteiger partial charge is 0.338 e. The fourth-order valence-electron chi connectivity index (χ4n) is 3.16. The molecule has 1 N–H and O–H groups in total. The number of hydrogen-bond acceptors (Lipinski definition) is 3. The van der Waals surface area contributed by atoms with Gasteiger partial charge in [-0.1, -0.05) is 30.3 Å². The van der Waals surface area contributed by atoms with Crippen molar-refractivity contribution in [1.82, 2.24) is 14.9 Å². The van der Waals surface area contributed by atoms with Crippen LogP contribution in [0.1, 0.15) is 46.9 Å². The first kappa shape index (κ1) is 15.5. The molecule has 1 fully saturated rings.